The number of hydrogen-bond acceptors (Lipinski definition) is 4. The number of hydrogen-bond donors (Lipinski definition) is 3. The van der Waals surface area contributed by atoms with E-state index in [1.807, 2.05) is 24.4 Å². The van der Waals surface area contributed by atoms with Gasteiger partial charge in [-0.25, -0.2) is 4.98 Å². The maximum absolute atomic E-state index is 4.93. The van der Waals surface area contributed by atoms with Gasteiger partial charge in [-0.1, -0.05) is 36.4 Å². The summed E-state index contributed by atoms with van der Waals surface area (Å²) in [6.45, 7) is 7.94. The first kappa shape index (κ1) is 25.4. The second-order valence-electron chi connectivity index (χ2n) is 7.66. The van der Waals surface area contributed by atoms with Gasteiger partial charge in [0.2, 0.25) is 0 Å². The lowest BCUT2D eigenvalue weighted by Crippen LogP contribution is -2.39. The van der Waals surface area contributed by atoms with Gasteiger partial charge in [-0.15, -0.1) is 24.0 Å². The third-order valence-corrected chi connectivity index (χ3v) is 5.40. The van der Waals surface area contributed by atoms with Gasteiger partial charge in [0.25, 0.3) is 0 Å². The van der Waals surface area contributed by atoms with Crippen molar-refractivity contribution in [1.82, 2.24) is 20.5 Å². The Labute approximate surface area is 204 Å². The molecule has 1 saturated heterocycles. The first-order chi connectivity index (χ1) is 14.9. The van der Waals surface area contributed by atoms with Crippen molar-refractivity contribution in [2.75, 3.05) is 44.6 Å². The van der Waals surface area contributed by atoms with Crippen LogP contribution in [0.3, 0.4) is 0 Å². The summed E-state index contributed by atoms with van der Waals surface area (Å²) in [5, 5.41) is 10.2. The number of nitrogens with one attached hydrogen (secondary N) is 3. The Hall–Kier alpha value is -1.87. The Balaban J connectivity index is 0.00000341. The van der Waals surface area contributed by atoms with Crippen LogP contribution in [0.15, 0.2) is 59.7 Å². The second-order valence-corrected chi connectivity index (χ2v) is 7.66. The fourth-order valence-electron chi connectivity index (χ4n) is 3.82. The van der Waals surface area contributed by atoms with Gasteiger partial charge in [-0.2, -0.15) is 0 Å². The minimum absolute atomic E-state index is 0. The smallest absolute Gasteiger partial charge is 0.191 e. The lowest BCUT2D eigenvalue weighted by molar-refractivity contribution is 0.251. The first-order valence-electron chi connectivity index (χ1n) is 11.3. The normalized spacial score (nSPS) is 15.2. The zero-order valence-electron chi connectivity index (χ0n) is 18.6. The van der Waals surface area contributed by atoms with E-state index in [9.17, 15) is 0 Å². The van der Waals surface area contributed by atoms with Gasteiger partial charge >= 0.3 is 0 Å². The van der Waals surface area contributed by atoms with Crippen LogP contribution in [0.2, 0.25) is 0 Å². The third kappa shape index (κ3) is 9.03. The van der Waals surface area contributed by atoms with E-state index in [1.165, 1.54) is 31.5 Å². The fraction of sp³-hybridized carbons (Fsp3) is 0.500. The van der Waals surface area contributed by atoms with E-state index < -0.39 is 0 Å². The first-order valence-corrected chi connectivity index (χ1v) is 11.3. The standard InChI is InChI=1S/C24H36N6.HI/c1-2-25-24(28-17-9-8-16-27-23-14-6-7-15-26-23)29-20-22(30-18-10-11-19-30)21-12-4-3-5-13-21;/h3-7,12-15,22H,2,8-11,16-20H2,1H3,(H,26,27)(H2,25,28,29);1H. The van der Waals surface area contributed by atoms with Crippen LogP contribution in [0, 0.1) is 0 Å². The van der Waals surface area contributed by atoms with Crippen LogP contribution in [0.4, 0.5) is 5.82 Å². The van der Waals surface area contributed by atoms with Crippen molar-refractivity contribution in [2.24, 2.45) is 4.99 Å². The minimum Gasteiger partial charge on any atom is -0.370 e. The average Bonchev–Trinajstić information content (AvgIpc) is 3.32. The van der Waals surface area contributed by atoms with E-state index in [1.54, 1.807) is 0 Å². The molecular formula is C24H37IN6. The number of likely N-dealkylation sites (tertiary alicyclic amines) is 1. The molecule has 0 amide bonds. The van der Waals surface area contributed by atoms with E-state index >= 15 is 0 Å². The molecule has 170 valence electrons. The molecule has 0 aliphatic carbocycles. The van der Waals surface area contributed by atoms with Crippen LogP contribution >= 0.6 is 24.0 Å². The third-order valence-electron chi connectivity index (χ3n) is 5.40. The summed E-state index contributed by atoms with van der Waals surface area (Å²) in [6, 6.07) is 17.1. The van der Waals surface area contributed by atoms with Gasteiger partial charge in [0.1, 0.15) is 5.82 Å². The molecule has 1 fully saturated rings. The minimum atomic E-state index is 0. The average molecular weight is 537 g/mol. The van der Waals surface area contributed by atoms with Crippen molar-refractivity contribution in [3.63, 3.8) is 0 Å². The molecule has 1 aliphatic rings. The molecule has 0 saturated carbocycles. The number of pyridine rings is 1. The zero-order chi connectivity index (χ0) is 20.9. The van der Waals surface area contributed by atoms with E-state index in [2.05, 4.69) is 63.1 Å². The van der Waals surface area contributed by atoms with Crippen molar-refractivity contribution in [1.29, 1.82) is 0 Å². The van der Waals surface area contributed by atoms with Crippen molar-refractivity contribution in [2.45, 2.75) is 38.6 Å². The second kappa shape index (κ2) is 15.0. The van der Waals surface area contributed by atoms with E-state index in [0.29, 0.717) is 6.04 Å². The van der Waals surface area contributed by atoms with Crippen molar-refractivity contribution in [3.05, 3.63) is 60.3 Å². The molecule has 2 heterocycles. The van der Waals surface area contributed by atoms with Gasteiger partial charge in [0.05, 0.1) is 12.6 Å². The SMILES string of the molecule is CCNC(=NCC(c1ccccc1)N1CCCC1)NCCCCNc1ccccn1.I. The lowest BCUT2D eigenvalue weighted by atomic mass is 10.1. The molecule has 1 aromatic carbocycles. The Morgan fingerprint density at radius 2 is 1.74 bits per heavy atom. The van der Waals surface area contributed by atoms with Crippen LogP contribution in [0.5, 0.6) is 0 Å². The molecule has 3 N–H and O–H groups in total. The fourth-order valence-corrected chi connectivity index (χ4v) is 3.82. The summed E-state index contributed by atoms with van der Waals surface area (Å²) in [6.07, 6.45) is 6.56. The number of rotatable bonds is 11. The van der Waals surface area contributed by atoms with Crippen molar-refractivity contribution >= 4 is 35.8 Å². The molecule has 6 nitrogen and oxygen atoms in total. The molecule has 1 aliphatic heterocycles. The maximum Gasteiger partial charge on any atom is 0.191 e. The largest absolute Gasteiger partial charge is 0.370 e. The van der Waals surface area contributed by atoms with Crippen LogP contribution in [0.1, 0.15) is 44.2 Å². The van der Waals surface area contributed by atoms with Crippen LogP contribution in [-0.4, -0.2) is 55.1 Å². The number of guanidine groups is 1. The quantitative estimate of drug-likeness (QED) is 0.173. The molecule has 0 bridgehead atoms. The summed E-state index contributed by atoms with van der Waals surface area (Å²) in [7, 11) is 0. The number of nitrogens with zero attached hydrogens (tertiary/aromatic N) is 3. The van der Waals surface area contributed by atoms with Crippen molar-refractivity contribution in [3.8, 4) is 0 Å². The van der Waals surface area contributed by atoms with E-state index in [-0.39, 0.29) is 24.0 Å². The summed E-state index contributed by atoms with van der Waals surface area (Å²) in [5.41, 5.74) is 1.36. The monoisotopic (exact) mass is 536 g/mol. The Bertz CT molecular complexity index is 734. The van der Waals surface area contributed by atoms with Crippen LogP contribution in [0.25, 0.3) is 0 Å². The number of unbranched alkanes of at least 4 members (excludes halogenated alkanes) is 1. The molecule has 1 unspecified atom stereocenters. The molecule has 1 aromatic heterocycles. The predicted octanol–water partition coefficient (Wildman–Crippen LogP) is 4.28. The highest BCUT2D eigenvalue weighted by Crippen LogP contribution is 2.25. The summed E-state index contributed by atoms with van der Waals surface area (Å²) in [5.74, 6) is 1.85. The molecule has 31 heavy (non-hydrogen) atoms. The van der Waals surface area contributed by atoms with Gasteiger partial charge < -0.3 is 16.0 Å². The highest BCUT2D eigenvalue weighted by atomic mass is 127. The zero-order valence-corrected chi connectivity index (χ0v) is 20.9. The van der Waals surface area contributed by atoms with Gasteiger partial charge in [0, 0.05) is 25.8 Å². The number of aliphatic imine (C=N–C) groups is 1. The molecule has 0 spiro atoms. The molecule has 3 rings (SSSR count). The topological polar surface area (TPSA) is 64.6 Å². The Morgan fingerprint density at radius 1 is 1.00 bits per heavy atom. The number of benzene rings is 1. The van der Waals surface area contributed by atoms with Crippen LogP contribution < -0.4 is 16.0 Å². The number of halogens is 1. The summed E-state index contributed by atoms with van der Waals surface area (Å²) < 4.78 is 0. The van der Waals surface area contributed by atoms with Gasteiger partial charge in [0.15, 0.2) is 5.96 Å². The van der Waals surface area contributed by atoms with Gasteiger partial charge in [-0.3, -0.25) is 9.89 Å². The summed E-state index contributed by atoms with van der Waals surface area (Å²) in [4.78, 5) is 11.8. The molecule has 2 aromatic rings. The van der Waals surface area contributed by atoms with Crippen molar-refractivity contribution < 1.29 is 0 Å². The number of anilines is 1. The highest BCUT2D eigenvalue weighted by molar-refractivity contribution is 14.0. The maximum atomic E-state index is 4.93. The number of aromatic nitrogens is 1. The van der Waals surface area contributed by atoms with E-state index in [4.69, 9.17) is 4.99 Å². The Morgan fingerprint density at radius 3 is 2.45 bits per heavy atom. The highest BCUT2D eigenvalue weighted by Gasteiger charge is 2.23. The predicted molar refractivity (Wildman–Crippen MR) is 141 cm³/mol. The molecular weight excluding hydrogens is 499 g/mol. The Kier molecular flexibility index (Phi) is 12.3. The lowest BCUT2D eigenvalue weighted by Gasteiger charge is -2.27. The van der Waals surface area contributed by atoms with E-state index in [0.717, 1.165) is 50.8 Å². The molecule has 1 atom stereocenters. The summed E-state index contributed by atoms with van der Waals surface area (Å²) >= 11 is 0. The molecule has 0 radical (unpaired) electrons. The molecule has 7 heteroatoms. The van der Waals surface area contributed by atoms with Gasteiger partial charge in [-0.05, 0) is 63.4 Å². The van der Waals surface area contributed by atoms with Crippen LogP contribution in [-0.2, 0) is 0 Å².